The number of para-hydroxylation sites is 1. The van der Waals surface area contributed by atoms with Gasteiger partial charge in [0.15, 0.2) is 0 Å². The van der Waals surface area contributed by atoms with Crippen LogP contribution in [0.15, 0.2) is 60.7 Å². The van der Waals surface area contributed by atoms with Crippen LogP contribution in [0.4, 0.5) is 0 Å². The van der Waals surface area contributed by atoms with E-state index in [1.54, 1.807) is 0 Å². The topological polar surface area (TPSA) is 28.5 Å². The molecule has 1 aliphatic heterocycles. The lowest BCUT2D eigenvalue weighted by Gasteiger charge is -2.34. The van der Waals surface area contributed by atoms with Crippen molar-refractivity contribution in [2.24, 2.45) is 0 Å². The van der Waals surface area contributed by atoms with Gasteiger partial charge >= 0.3 is 0 Å². The highest BCUT2D eigenvalue weighted by Crippen LogP contribution is 2.31. The molecule has 3 aromatic rings. The van der Waals surface area contributed by atoms with Crippen molar-refractivity contribution in [3.05, 3.63) is 76.9 Å². The second-order valence-electron chi connectivity index (χ2n) is 7.43. The van der Waals surface area contributed by atoms with Gasteiger partial charge < -0.3 is 14.4 Å². The summed E-state index contributed by atoms with van der Waals surface area (Å²) in [6.45, 7) is 8.65. The van der Waals surface area contributed by atoms with E-state index in [1.165, 1.54) is 0 Å². The largest absolute Gasteiger partial charge is 0.336 e. The van der Waals surface area contributed by atoms with Crippen molar-refractivity contribution in [2.45, 2.75) is 13.8 Å². The molecule has 1 fully saturated rings. The van der Waals surface area contributed by atoms with Gasteiger partial charge in [-0.3, -0.25) is 4.79 Å². The molecule has 0 spiro atoms. The van der Waals surface area contributed by atoms with Crippen LogP contribution in [-0.2, 0) is 0 Å². The molecule has 0 aliphatic carbocycles. The van der Waals surface area contributed by atoms with Crippen LogP contribution in [0, 0.1) is 6.92 Å². The summed E-state index contributed by atoms with van der Waals surface area (Å²) in [6, 6.07) is 20.0. The monoisotopic (exact) mass is 407 g/mol. The lowest BCUT2D eigenvalue weighted by atomic mass is 10.1. The SMILES string of the molecule is CCN1CCN(C(=O)c2cc(-c3ccc(Cl)cc3)n(-c3ccccc3)c2C)CC1. The zero-order valence-electron chi connectivity index (χ0n) is 16.9. The number of benzene rings is 2. The van der Waals surface area contributed by atoms with Crippen molar-refractivity contribution in [3.63, 3.8) is 0 Å². The Bertz CT molecular complexity index is 987. The molecular weight excluding hydrogens is 382 g/mol. The number of likely N-dealkylation sites (N-methyl/N-ethyl adjacent to an activating group) is 1. The fourth-order valence-corrected chi connectivity index (χ4v) is 4.13. The average Bonchev–Trinajstić information content (AvgIpc) is 3.11. The highest BCUT2D eigenvalue weighted by Gasteiger charge is 2.26. The van der Waals surface area contributed by atoms with E-state index in [0.717, 1.165) is 60.9 Å². The predicted octanol–water partition coefficient (Wildman–Crippen LogP) is 4.88. The molecule has 0 unspecified atom stereocenters. The van der Waals surface area contributed by atoms with Crippen molar-refractivity contribution in [2.75, 3.05) is 32.7 Å². The van der Waals surface area contributed by atoms with E-state index in [0.29, 0.717) is 5.02 Å². The molecule has 2 heterocycles. The summed E-state index contributed by atoms with van der Waals surface area (Å²) in [5.41, 5.74) is 4.81. The summed E-state index contributed by atoms with van der Waals surface area (Å²) >= 11 is 6.10. The van der Waals surface area contributed by atoms with Crippen LogP contribution < -0.4 is 0 Å². The van der Waals surface area contributed by atoms with Gasteiger partial charge in [-0.05, 0) is 49.4 Å². The standard InChI is InChI=1S/C24H26ClN3O/c1-3-26-13-15-27(16-14-26)24(29)22-17-23(19-9-11-20(25)12-10-19)28(18(22)2)21-7-5-4-6-8-21/h4-12,17H,3,13-16H2,1-2H3. The van der Waals surface area contributed by atoms with Gasteiger partial charge in [0, 0.05) is 42.6 Å². The Balaban J connectivity index is 1.76. The van der Waals surface area contributed by atoms with Crippen LogP contribution in [-0.4, -0.2) is 53.0 Å². The van der Waals surface area contributed by atoms with Crippen LogP contribution >= 0.6 is 11.6 Å². The third kappa shape index (κ3) is 3.96. The Hall–Kier alpha value is -2.56. The van der Waals surface area contributed by atoms with Crippen LogP contribution in [0.3, 0.4) is 0 Å². The second-order valence-corrected chi connectivity index (χ2v) is 7.87. The molecule has 0 bridgehead atoms. The number of piperazine rings is 1. The Morgan fingerprint density at radius 3 is 2.24 bits per heavy atom. The number of halogens is 1. The fourth-order valence-electron chi connectivity index (χ4n) is 4.00. The molecule has 2 aromatic carbocycles. The molecule has 1 amide bonds. The van der Waals surface area contributed by atoms with Crippen LogP contribution in [0.25, 0.3) is 16.9 Å². The lowest BCUT2D eigenvalue weighted by Crippen LogP contribution is -2.48. The first-order chi connectivity index (χ1) is 14.1. The van der Waals surface area contributed by atoms with Gasteiger partial charge in [0.2, 0.25) is 0 Å². The number of nitrogens with zero attached hydrogens (tertiary/aromatic N) is 3. The third-order valence-corrected chi connectivity index (χ3v) is 5.99. The Morgan fingerprint density at radius 1 is 0.966 bits per heavy atom. The molecule has 1 aliphatic rings. The van der Waals surface area contributed by atoms with E-state index < -0.39 is 0 Å². The van der Waals surface area contributed by atoms with E-state index in [1.807, 2.05) is 60.4 Å². The van der Waals surface area contributed by atoms with Crippen LogP contribution in [0.1, 0.15) is 23.0 Å². The molecule has 1 saturated heterocycles. The number of hydrogen-bond donors (Lipinski definition) is 0. The highest BCUT2D eigenvalue weighted by molar-refractivity contribution is 6.30. The number of carbonyl (C=O) groups is 1. The summed E-state index contributed by atoms with van der Waals surface area (Å²) in [6.07, 6.45) is 0. The third-order valence-electron chi connectivity index (χ3n) is 5.74. The molecule has 0 atom stereocenters. The molecule has 1 aromatic heterocycles. The maximum atomic E-state index is 13.4. The molecular formula is C24H26ClN3O. The Labute approximate surface area is 177 Å². The van der Waals surface area contributed by atoms with Gasteiger partial charge in [-0.1, -0.05) is 48.9 Å². The number of carbonyl (C=O) groups excluding carboxylic acids is 1. The zero-order chi connectivity index (χ0) is 20.4. The molecule has 0 saturated carbocycles. The van der Waals surface area contributed by atoms with E-state index >= 15 is 0 Å². The first-order valence-corrected chi connectivity index (χ1v) is 10.5. The Morgan fingerprint density at radius 2 is 1.62 bits per heavy atom. The number of amides is 1. The molecule has 0 N–H and O–H groups in total. The van der Waals surface area contributed by atoms with Gasteiger partial charge in [-0.2, -0.15) is 0 Å². The van der Waals surface area contributed by atoms with Crippen molar-refractivity contribution in [1.29, 1.82) is 0 Å². The highest BCUT2D eigenvalue weighted by atomic mass is 35.5. The van der Waals surface area contributed by atoms with Gasteiger partial charge in [0.1, 0.15) is 0 Å². The quantitative estimate of drug-likeness (QED) is 0.616. The van der Waals surface area contributed by atoms with Gasteiger partial charge in [-0.25, -0.2) is 0 Å². The molecule has 150 valence electrons. The van der Waals surface area contributed by atoms with E-state index in [4.69, 9.17) is 11.6 Å². The average molecular weight is 408 g/mol. The second kappa shape index (κ2) is 8.44. The predicted molar refractivity (Wildman–Crippen MR) is 119 cm³/mol. The summed E-state index contributed by atoms with van der Waals surface area (Å²) in [5, 5.41) is 0.702. The maximum Gasteiger partial charge on any atom is 0.255 e. The van der Waals surface area contributed by atoms with E-state index in [2.05, 4.69) is 28.5 Å². The van der Waals surface area contributed by atoms with Gasteiger partial charge in [0.25, 0.3) is 5.91 Å². The van der Waals surface area contributed by atoms with Crippen molar-refractivity contribution < 1.29 is 4.79 Å². The molecule has 29 heavy (non-hydrogen) atoms. The van der Waals surface area contributed by atoms with Crippen molar-refractivity contribution in [1.82, 2.24) is 14.4 Å². The lowest BCUT2D eigenvalue weighted by molar-refractivity contribution is 0.0642. The first-order valence-electron chi connectivity index (χ1n) is 10.1. The van der Waals surface area contributed by atoms with Crippen molar-refractivity contribution in [3.8, 4) is 16.9 Å². The van der Waals surface area contributed by atoms with Crippen molar-refractivity contribution >= 4 is 17.5 Å². The van der Waals surface area contributed by atoms with Crippen LogP contribution in [0.5, 0.6) is 0 Å². The summed E-state index contributed by atoms with van der Waals surface area (Å²) in [5.74, 6) is 0.114. The van der Waals surface area contributed by atoms with E-state index in [-0.39, 0.29) is 5.91 Å². The molecule has 4 nitrogen and oxygen atoms in total. The maximum absolute atomic E-state index is 13.4. The summed E-state index contributed by atoms with van der Waals surface area (Å²) in [4.78, 5) is 17.7. The fraction of sp³-hybridized carbons (Fsp3) is 0.292. The first kappa shape index (κ1) is 19.7. The smallest absolute Gasteiger partial charge is 0.255 e. The normalized spacial score (nSPS) is 14.9. The van der Waals surface area contributed by atoms with Gasteiger partial charge in [0.05, 0.1) is 11.3 Å². The number of aromatic nitrogens is 1. The van der Waals surface area contributed by atoms with Crippen LogP contribution in [0.2, 0.25) is 5.02 Å². The van der Waals surface area contributed by atoms with Gasteiger partial charge in [-0.15, -0.1) is 0 Å². The van der Waals surface area contributed by atoms with E-state index in [9.17, 15) is 4.79 Å². The molecule has 4 rings (SSSR count). The molecule has 5 heteroatoms. The summed E-state index contributed by atoms with van der Waals surface area (Å²) in [7, 11) is 0. The number of rotatable bonds is 4. The number of hydrogen-bond acceptors (Lipinski definition) is 2. The Kier molecular flexibility index (Phi) is 5.74. The minimum absolute atomic E-state index is 0.114. The minimum Gasteiger partial charge on any atom is -0.336 e. The molecule has 0 radical (unpaired) electrons. The summed E-state index contributed by atoms with van der Waals surface area (Å²) < 4.78 is 2.17. The zero-order valence-corrected chi connectivity index (χ0v) is 17.7. The minimum atomic E-state index is 0.114.